The molecule has 0 aliphatic rings. The lowest BCUT2D eigenvalue weighted by Gasteiger charge is -2.14. The molecule has 2 aromatic heterocycles. The van der Waals surface area contributed by atoms with Crippen LogP contribution in [-0.4, -0.2) is 20.9 Å². The van der Waals surface area contributed by atoms with Crippen molar-refractivity contribution in [2.45, 2.75) is 27.3 Å². The van der Waals surface area contributed by atoms with E-state index in [2.05, 4.69) is 20.3 Å². The van der Waals surface area contributed by atoms with Crippen molar-refractivity contribution in [3.05, 3.63) is 70.7 Å². The number of nitrogens with zero attached hydrogens (tertiary/aromatic N) is 3. The van der Waals surface area contributed by atoms with Crippen LogP contribution in [0.2, 0.25) is 0 Å². The molecule has 1 amide bonds. The van der Waals surface area contributed by atoms with Crippen LogP contribution in [0.4, 0.5) is 5.95 Å². The second-order valence-electron chi connectivity index (χ2n) is 6.20. The average Bonchev–Trinajstić information content (AvgIpc) is 2.63. The van der Waals surface area contributed by atoms with Gasteiger partial charge in [-0.3, -0.25) is 4.79 Å². The molecule has 0 atom stereocenters. The van der Waals surface area contributed by atoms with E-state index in [0.717, 1.165) is 22.4 Å². The van der Waals surface area contributed by atoms with E-state index >= 15 is 0 Å². The number of amides is 1. The van der Waals surface area contributed by atoms with Gasteiger partial charge in [-0.15, -0.1) is 0 Å². The maximum Gasteiger partial charge on any atom is 0.254 e. The number of pyridine rings is 1. The number of carbonyl (C=O) groups excluding carboxylic acids is 1. The van der Waals surface area contributed by atoms with Crippen LogP contribution < -0.4 is 15.8 Å². The summed E-state index contributed by atoms with van der Waals surface area (Å²) < 4.78 is 6.04. The van der Waals surface area contributed by atoms with E-state index in [9.17, 15) is 4.79 Å². The number of anilines is 1. The van der Waals surface area contributed by atoms with E-state index in [0.29, 0.717) is 17.1 Å². The number of benzene rings is 1. The number of ether oxygens (including phenoxy) is 1. The predicted octanol–water partition coefficient (Wildman–Crippen LogP) is 3.10. The number of hydrogen-bond donors (Lipinski definition) is 2. The van der Waals surface area contributed by atoms with E-state index in [4.69, 9.17) is 10.5 Å². The monoisotopic (exact) mass is 363 g/mol. The highest BCUT2D eigenvalue weighted by Gasteiger charge is 2.14. The molecule has 0 bridgehead atoms. The molecule has 138 valence electrons. The van der Waals surface area contributed by atoms with Gasteiger partial charge in [0, 0.05) is 24.5 Å². The average molecular weight is 363 g/mol. The fourth-order valence-corrected chi connectivity index (χ4v) is 2.69. The normalized spacial score (nSPS) is 10.5. The molecule has 7 nitrogen and oxygen atoms in total. The highest BCUT2D eigenvalue weighted by molar-refractivity contribution is 5.94. The molecule has 27 heavy (non-hydrogen) atoms. The van der Waals surface area contributed by atoms with Gasteiger partial charge in [0.05, 0.1) is 11.3 Å². The van der Waals surface area contributed by atoms with Crippen LogP contribution in [0.15, 0.2) is 42.7 Å². The molecule has 0 saturated heterocycles. The largest absolute Gasteiger partial charge is 0.438 e. The van der Waals surface area contributed by atoms with Gasteiger partial charge >= 0.3 is 0 Å². The Bertz CT molecular complexity index is 968. The first-order valence-corrected chi connectivity index (χ1v) is 8.51. The first-order valence-electron chi connectivity index (χ1n) is 8.51. The Hall–Kier alpha value is -3.48. The molecule has 0 aliphatic carbocycles. The molecule has 0 spiro atoms. The van der Waals surface area contributed by atoms with Crippen molar-refractivity contribution in [3.8, 4) is 11.6 Å². The number of rotatable bonds is 5. The van der Waals surface area contributed by atoms with Gasteiger partial charge in [-0.05, 0) is 38.0 Å². The van der Waals surface area contributed by atoms with Gasteiger partial charge in [-0.1, -0.05) is 24.3 Å². The zero-order valence-electron chi connectivity index (χ0n) is 15.5. The Morgan fingerprint density at radius 2 is 1.85 bits per heavy atom. The molecule has 0 radical (unpaired) electrons. The minimum absolute atomic E-state index is 0.139. The lowest BCUT2D eigenvalue weighted by atomic mass is 10.1. The lowest BCUT2D eigenvalue weighted by molar-refractivity contribution is 0.0949. The molecular formula is C20H21N5O2. The molecule has 1 aromatic carbocycles. The first kappa shape index (κ1) is 18.3. The molecule has 0 unspecified atom stereocenters. The molecular weight excluding hydrogens is 342 g/mol. The Morgan fingerprint density at radius 1 is 1.11 bits per heavy atom. The zero-order valence-corrected chi connectivity index (χ0v) is 15.5. The van der Waals surface area contributed by atoms with Gasteiger partial charge in [0.15, 0.2) is 0 Å². The summed E-state index contributed by atoms with van der Waals surface area (Å²) in [5, 5.41) is 2.85. The summed E-state index contributed by atoms with van der Waals surface area (Å²) in [4.78, 5) is 24.6. The number of nitrogens with two attached hydrogens (primary N) is 1. The number of para-hydroxylation sites is 1. The van der Waals surface area contributed by atoms with Gasteiger partial charge in [0.25, 0.3) is 5.91 Å². The predicted molar refractivity (Wildman–Crippen MR) is 103 cm³/mol. The lowest BCUT2D eigenvalue weighted by Crippen LogP contribution is -2.24. The van der Waals surface area contributed by atoms with Gasteiger partial charge in [-0.25, -0.2) is 15.0 Å². The summed E-state index contributed by atoms with van der Waals surface area (Å²) in [6, 6.07) is 9.61. The summed E-state index contributed by atoms with van der Waals surface area (Å²) in [6.07, 6.45) is 3.08. The van der Waals surface area contributed by atoms with E-state index < -0.39 is 0 Å². The van der Waals surface area contributed by atoms with Crippen molar-refractivity contribution in [2.24, 2.45) is 0 Å². The first-order chi connectivity index (χ1) is 13.0. The standard InChI is InChI=1S/C20H21N5O2/c1-12-6-4-7-13(2)17(12)27-19-15(8-5-9-22-19)10-23-18(26)16-11-24-20(21)25-14(16)3/h4-9,11H,10H2,1-3H3,(H,23,26)(H2,21,24,25). The van der Waals surface area contributed by atoms with Crippen molar-refractivity contribution in [1.29, 1.82) is 0 Å². The third kappa shape index (κ3) is 4.20. The highest BCUT2D eigenvalue weighted by Crippen LogP contribution is 2.29. The second-order valence-corrected chi connectivity index (χ2v) is 6.20. The molecule has 3 aromatic rings. The summed E-state index contributed by atoms with van der Waals surface area (Å²) in [5.41, 5.74) is 9.24. The molecule has 3 N–H and O–H groups in total. The molecule has 0 fully saturated rings. The van der Waals surface area contributed by atoms with Gasteiger partial charge in [0.1, 0.15) is 5.75 Å². The van der Waals surface area contributed by atoms with E-state index in [1.807, 2.05) is 38.1 Å². The molecule has 0 saturated carbocycles. The van der Waals surface area contributed by atoms with Gasteiger partial charge in [-0.2, -0.15) is 0 Å². The number of aromatic nitrogens is 3. The maximum atomic E-state index is 12.4. The van der Waals surface area contributed by atoms with Crippen LogP contribution >= 0.6 is 0 Å². The summed E-state index contributed by atoms with van der Waals surface area (Å²) in [5.74, 6) is 1.09. The number of nitrogens with one attached hydrogen (secondary N) is 1. The fourth-order valence-electron chi connectivity index (χ4n) is 2.69. The quantitative estimate of drug-likeness (QED) is 0.722. The number of nitrogen functional groups attached to an aromatic ring is 1. The molecule has 3 rings (SSSR count). The van der Waals surface area contributed by atoms with Crippen LogP contribution in [0.1, 0.15) is 32.7 Å². The van der Waals surface area contributed by atoms with Crippen LogP contribution in [0, 0.1) is 20.8 Å². The smallest absolute Gasteiger partial charge is 0.254 e. The van der Waals surface area contributed by atoms with Crippen molar-refractivity contribution in [3.63, 3.8) is 0 Å². The maximum absolute atomic E-state index is 12.4. The number of aryl methyl sites for hydroxylation is 3. The fraction of sp³-hybridized carbons (Fsp3) is 0.200. The topological polar surface area (TPSA) is 103 Å². The van der Waals surface area contributed by atoms with E-state index in [1.54, 1.807) is 19.2 Å². The van der Waals surface area contributed by atoms with Crippen molar-refractivity contribution in [2.75, 3.05) is 5.73 Å². The Balaban J connectivity index is 1.77. The molecule has 7 heteroatoms. The molecule has 2 heterocycles. The third-order valence-electron chi connectivity index (χ3n) is 4.14. The van der Waals surface area contributed by atoms with E-state index in [-0.39, 0.29) is 18.4 Å². The minimum atomic E-state index is -0.283. The summed E-state index contributed by atoms with van der Waals surface area (Å²) in [6.45, 7) is 5.94. The van der Waals surface area contributed by atoms with Gasteiger partial charge < -0.3 is 15.8 Å². The SMILES string of the molecule is Cc1cccc(C)c1Oc1ncccc1CNC(=O)c1cnc(N)nc1C. The van der Waals surface area contributed by atoms with Gasteiger partial charge in [0.2, 0.25) is 11.8 Å². The second kappa shape index (κ2) is 7.82. The number of carbonyl (C=O) groups is 1. The van der Waals surface area contributed by atoms with Crippen LogP contribution in [0.25, 0.3) is 0 Å². The number of hydrogen-bond acceptors (Lipinski definition) is 6. The third-order valence-corrected chi connectivity index (χ3v) is 4.14. The van der Waals surface area contributed by atoms with E-state index in [1.165, 1.54) is 6.20 Å². The zero-order chi connectivity index (χ0) is 19.4. The Morgan fingerprint density at radius 3 is 2.56 bits per heavy atom. The highest BCUT2D eigenvalue weighted by atomic mass is 16.5. The van der Waals surface area contributed by atoms with Crippen molar-refractivity contribution < 1.29 is 9.53 Å². The van der Waals surface area contributed by atoms with Crippen LogP contribution in [0.3, 0.4) is 0 Å². The Labute approximate surface area is 157 Å². The Kier molecular flexibility index (Phi) is 5.30. The van der Waals surface area contributed by atoms with Crippen molar-refractivity contribution in [1.82, 2.24) is 20.3 Å². The van der Waals surface area contributed by atoms with Crippen LogP contribution in [-0.2, 0) is 6.54 Å². The van der Waals surface area contributed by atoms with Crippen LogP contribution in [0.5, 0.6) is 11.6 Å². The minimum Gasteiger partial charge on any atom is -0.438 e. The summed E-state index contributed by atoms with van der Waals surface area (Å²) in [7, 11) is 0. The summed E-state index contributed by atoms with van der Waals surface area (Å²) >= 11 is 0. The van der Waals surface area contributed by atoms with Crippen molar-refractivity contribution >= 4 is 11.9 Å². The molecule has 0 aliphatic heterocycles.